The third kappa shape index (κ3) is 1.68. The second kappa shape index (κ2) is 5.06. The number of carbonyl (C=O) groups is 2. The van der Waals surface area contributed by atoms with Crippen LogP contribution >= 0.6 is 0 Å². The van der Waals surface area contributed by atoms with Crippen LogP contribution in [0.4, 0.5) is 5.69 Å². The molecular weight excluding hydrogens is 304 g/mol. The van der Waals surface area contributed by atoms with E-state index in [0.29, 0.717) is 25.8 Å². The number of anilines is 1. The lowest BCUT2D eigenvalue weighted by Gasteiger charge is -2.52. The zero-order chi connectivity index (χ0) is 17.1. The van der Waals surface area contributed by atoms with Crippen LogP contribution < -0.4 is 5.32 Å². The lowest BCUT2D eigenvalue weighted by molar-refractivity contribution is -0.151. The fourth-order valence-corrected chi connectivity index (χ4v) is 5.48. The van der Waals surface area contributed by atoms with Gasteiger partial charge in [-0.2, -0.15) is 0 Å². The number of nitrogens with one attached hydrogen (secondary N) is 1. The first-order valence-corrected chi connectivity index (χ1v) is 8.86. The maximum absolute atomic E-state index is 13.1. The molecule has 0 aromatic heterocycles. The van der Waals surface area contributed by atoms with E-state index in [9.17, 15) is 14.7 Å². The van der Waals surface area contributed by atoms with Crippen molar-refractivity contribution < 1.29 is 14.7 Å². The molecule has 5 nitrogen and oxygen atoms in total. The predicted octanol–water partition coefficient (Wildman–Crippen LogP) is 2.05. The molecule has 1 aromatic rings. The Morgan fingerprint density at radius 3 is 2.79 bits per heavy atom. The molecule has 2 amide bonds. The predicted molar refractivity (Wildman–Crippen MR) is 90.5 cm³/mol. The summed E-state index contributed by atoms with van der Waals surface area (Å²) in [5.74, 6) is 0.0863. The molecule has 5 heteroatoms. The molecular formula is C19H24N2O3. The number of aliphatic hydroxyl groups excluding tert-OH is 1. The van der Waals surface area contributed by atoms with Crippen LogP contribution in [0.15, 0.2) is 24.3 Å². The summed E-state index contributed by atoms with van der Waals surface area (Å²) < 4.78 is 0. The number of piperidine rings is 1. The molecule has 0 bridgehead atoms. The van der Waals surface area contributed by atoms with Gasteiger partial charge in [-0.1, -0.05) is 25.1 Å². The number of carbonyl (C=O) groups excluding carboxylic acids is 2. The minimum absolute atomic E-state index is 0.0237. The van der Waals surface area contributed by atoms with Crippen molar-refractivity contribution in [3.05, 3.63) is 29.8 Å². The van der Waals surface area contributed by atoms with E-state index in [2.05, 4.69) is 12.2 Å². The van der Waals surface area contributed by atoms with Gasteiger partial charge in [-0.25, -0.2) is 0 Å². The highest BCUT2D eigenvalue weighted by molar-refractivity contribution is 6.08. The molecule has 4 rings (SSSR count). The maximum atomic E-state index is 13.1. The normalized spacial score (nSPS) is 35.8. The average Bonchev–Trinajstić information content (AvgIpc) is 3.10. The molecule has 0 aliphatic carbocycles. The summed E-state index contributed by atoms with van der Waals surface area (Å²) >= 11 is 0. The molecule has 2 saturated heterocycles. The fraction of sp³-hybridized carbons (Fsp3) is 0.579. The molecule has 1 aromatic carbocycles. The molecule has 3 aliphatic rings. The van der Waals surface area contributed by atoms with Crippen molar-refractivity contribution in [1.29, 1.82) is 0 Å². The van der Waals surface area contributed by atoms with Crippen LogP contribution in [0, 0.1) is 5.41 Å². The highest BCUT2D eigenvalue weighted by atomic mass is 16.3. The minimum Gasteiger partial charge on any atom is -0.393 e. The highest BCUT2D eigenvalue weighted by Gasteiger charge is 2.66. The second-order valence-corrected chi connectivity index (χ2v) is 7.47. The number of rotatable bonds is 2. The number of amides is 2. The zero-order valence-corrected chi connectivity index (χ0v) is 14.2. The van der Waals surface area contributed by atoms with Crippen molar-refractivity contribution >= 4 is 17.5 Å². The molecule has 1 spiro atoms. The van der Waals surface area contributed by atoms with E-state index in [1.54, 1.807) is 0 Å². The summed E-state index contributed by atoms with van der Waals surface area (Å²) in [6.45, 7) is 4.45. The molecule has 4 atom stereocenters. The fourth-order valence-electron chi connectivity index (χ4n) is 5.48. The van der Waals surface area contributed by atoms with Crippen LogP contribution in [-0.2, 0) is 15.0 Å². The van der Waals surface area contributed by atoms with Gasteiger partial charge in [-0.15, -0.1) is 0 Å². The highest BCUT2D eigenvalue weighted by Crippen LogP contribution is 2.58. The van der Waals surface area contributed by atoms with Crippen molar-refractivity contribution in [1.82, 2.24) is 4.90 Å². The molecule has 3 unspecified atom stereocenters. The van der Waals surface area contributed by atoms with E-state index in [1.165, 1.54) is 0 Å². The SMILES string of the molecule is CC[C@@]1(C(C)O)CCC(=O)N2CCC3(C(=O)Nc4ccccc43)C21. The Morgan fingerprint density at radius 1 is 1.33 bits per heavy atom. The molecule has 3 heterocycles. The van der Waals surface area contributed by atoms with E-state index >= 15 is 0 Å². The van der Waals surface area contributed by atoms with E-state index < -0.39 is 16.9 Å². The second-order valence-electron chi connectivity index (χ2n) is 7.47. The van der Waals surface area contributed by atoms with Gasteiger partial charge in [0.1, 0.15) is 0 Å². The van der Waals surface area contributed by atoms with Crippen LogP contribution in [0.25, 0.3) is 0 Å². The standard InChI is InChI=1S/C19H24N2O3/c1-3-18(12(2)22)9-8-15(23)21-11-10-19(16(18)21)13-6-4-5-7-14(13)20-17(19)24/h4-7,12,16,22H,3,8-11H2,1-2H3,(H,20,24)/t12?,16?,18-,19?/m0/s1. The Bertz CT molecular complexity index is 716. The maximum Gasteiger partial charge on any atom is 0.237 e. The van der Waals surface area contributed by atoms with Crippen molar-refractivity contribution in [3.8, 4) is 0 Å². The number of aliphatic hydroxyl groups is 1. The summed E-state index contributed by atoms with van der Waals surface area (Å²) in [6, 6.07) is 7.51. The first kappa shape index (κ1) is 15.6. The van der Waals surface area contributed by atoms with Gasteiger partial charge in [-0.05, 0) is 37.8 Å². The van der Waals surface area contributed by atoms with Gasteiger partial charge in [0, 0.05) is 24.1 Å². The molecule has 128 valence electrons. The molecule has 0 saturated carbocycles. The zero-order valence-electron chi connectivity index (χ0n) is 14.2. The molecule has 2 fully saturated rings. The lowest BCUT2D eigenvalue weighted by atomic mass is 9.58. The number of benzene rings is 1. The minimum atomic E-state index is -0.736. The van der Waals surface area contributed by atoms with Gasteiger partial charge in [0.25, 0.3) is 0 Å². The van der Waals surface area contributed by atoms with Crippen molar-refractivity contribution in [3.63, 3.8) is 0 Å². The summed E-state index contributed by atoms with van der Waals surface area (Å²) in [7, 11) is 0. The molecule has 24 heavy (non-hydrogen) atoms. The molecule has 0 radical (unpaired) electrons. The summed E-state index contributed by atoms with van der Waals surface area (Å²) in [6.07, 6.45) is 1.89. The van der Waals surface area contributed by atoms with Crippen molar-refractivity contribution in [2.45, 2.75) is 57.1 Å². The van der Waals surface area contributed by atoms with Gasteiger partial charge in [0.2, 0.25) is 11.8 Å². The van der Waals surface area contributed by atoms with Gasteiger partial charge in [0.15, 0.2) is 0 Å². The summed E-state index contributed by atoms with van der Waals surface area (Å²) in [5.41, 5.74) is 0.646. The van der Waals surface area contributed by atoms with Crippen molar-refractivity contribution in [2.24, 2.45) is 5.41 Å². The van der Waals surface area contributed by atoms with E-state index in [-0.39, 0.29) is 17.9 Å². The first-order valence-electron chi connectivity index (χ1n) is 8.86. The summed E-state index contributed by atoms with van der Waals surface area (Å²) in [5, 5.41) is 13.7. The number of nitrogens with zero attached hydrogens (tertiary/aromatic N) is 1. The quantitative estimate of drug-likeness (QED) is 0.873. The Hall–Kier alpha value is -1.88. The van der Waals surface area contributed by atoms with Crippen LogP contribution in [0.5, 0.6) is 0 Å². The Morgan fingerprint density at radius 2 is 2.08 bits per heavy atom. The Balaban J connectivity index is 1.94. The Labute approximate surface area is 142 Å². The van der Waals surface area contributed by atoms with Crippen molar-refractivity contribution in [2.75, 3.05) is 11.9 Å². The van der Waals surface area contributed by atoms with E-state index in [4.69, 9.17) is 0 Å². The van der Waals surface area contributed by atoms with Crippen LogP contribution in [0.3, 0.4) is 0 Å². The van der Waals surface area contributed by atoms with Crippen LogP contribution in [-0.4, -0.2) is 40.5 Å². The van der Waals surface area contributed by atoms with Crippen LogP contribution in [0.1, 0.15) is 45.1 Å². The smallest absolute Gasteiger partial charge is 0.237 e. The van der Waals surface area contributed by atoms with Gasteiger partial charge in [0.05, 0.1) is 17.6 Å². The average molecular weight is 328 g/mol. The monoisotopic (exact) mass is 328 g/mol. The Kier molecular flexibility index (Phi) is 3.29. The molecule has 3 aliphatic heterocycles. The number of fused-ring (bicyclic) bond motifs is 4. The topological polar surface area (TPSA) is 69.6 Å². The van der Waals surface area contributed by atoms with E-state index in [1.807, 2.05) is 36.1 Å². The van der Waals surface area contributed by atoms with E-state index in [0.717, 1.165) is 17.7 Å². The van der Waals surface area contributed by atoms with Gasteiger partial charge < -0.3 is 15.3 Å². The molecule has 2 N–H and O–H groups in total. The first-order chi connectivity index (χ1) is 11.5. The summed E-state index contributed by atoms with van der Waals surface area (Å²) in [4.78, 5) is 27.6. The third-order valence-electron chi connectivity index (χ3n) is 6.75. The van der Waals surface area contributed by atoms with Gasteiger partial charge in [-0.3, -0.25) is 9.59 Å². The number of hydrogen-bond acceptors (Lipinski definition) is 3. The lowest BCUT2D eigenvalue weighted by Crippen LogP contribution is -2.63. The number of hydrogen-bond donors (Lipinski definition) is 2. The third-order valence-corrected chi connectivity index (χ3v) is 6.75. The van der Waals surface area contributed by atoms with Gasteiger partial charge >= 0.3 is 0 Å². The largest absolute Gasteiger partial charge is 0.393 e. The van der Waals surface area contributed by atoms with Crippen LogP contribution in [0.2, 0.25) is 0 Å². The number of para-hydroxylation sites is 1.